The van der Waals surface area contributed by atoms with Gasteiger partial charge in [-0.15, -0.1) is 22.7 Å². The van der Waals surface area contributed by atoms with Crippen LogP contribution in [0.4, 0.5) is 0 Å². The van der Waals surface area contributed by atoms with Gasteiger partial charge in [-0.25, -0.2) is 4.98 Å². The maximum absolute atomic E-state index is 5.11. The normalized spacial score (nSPS) is 11.9. The molecule has 11 rings (SSSR count). The number of benzene rings is 7. The standard InChI is InChI=1S/C47H28N2S2/c1-3-13-30(14-4-1)37-27-32(28-38(48-37)31-15-5-2-6-16-31)29-23-25-33(26-24-29)49-39-20-10-7-17-34(39)42-43-35-18-8-11-21-40(35)50-46(43)47-44(45(42)49)36-19-9-12-22-41(36)51-47/h1-28H. The van der Waals surface area contributed by atoms with E-state index in [1.165, 1.54) is 62.2 Å². The average Bonchev–Trinajstić information content (AvgIpc) is 3.88. The van der Waals surface area contributed by atoms with E-state index in [-0.39, 0.29) is 0 Å². The SMILES string of the molecule is c1ccc(-c2cc(-c3ccc(-n4c5ccccc5c5c6c7ccccc7sc6c6sc7ccccc7c6c54)cc3)cc(-c3ccccc3)n2)cc1. The van der Waals surface area contributed by atoms with Gasteiger partial charge < -0.3 is 4.57 Å². The van der Waals surface area contributed by atoms with E-state index < -0.39 is 0 Å². The van der Waals surface area contributed by atoms with E-state index in [2.05, 4.69) is 174 Å². The summed E-state index contributed by atoms with van der Waals surface area (Å²) in [7, 11) is 0. The Labute approximate surface area is 302 Å². The Kier molecular flexibility index (Phi) is 6.32. The lowest BCUT2D eigenvalue weighted by Gasteiger charge is -2.13. The second-order valence-electron chi connectivity index (χ2n) is 13.1. The van der Waals surface area contributed by atoms with Crippen molar-refractivity contribution in [2.75, 3.05) is 0 Å². The summed E-state index contributed by atoms with van der Waals surface area (Å²) in [4.78, 5) is 5.11. The average molecular weight is 685 g/mol. The highest BCUT2D eigenvalue weighted by Gasteiger charge is 2.24. The van der Waals surface area contributed by atoms with Crippen LogP contribution in [0.3, 0.4) is 0 Å². The van der Waals surface area contributed by atoms with Crippen molar-refractivity contribution < 1.29 is 0 Å². The maximum atomic E-state index is 5.11. The lowest BCUT2D eigenvalue weighted by molar-refractivity contribution is 1.19. The molecule has 0 atom stereocenters. The monoisotopic (exact) mass is 684 g/mol. The second kappa shape index (κ2) is 11.2. The first-order valence-electron chi connectivity index (χ1n) is 17.2. The zero-order chi connectivity index (χ0) is 33.5. The van der Waals surface area contributed by atoms with Crippen molar-refractivity contribution in [3.63, 3.8) is 0 Å². The number of rotatable bonds is 4. The fourth-order valence-electron chi connectivity index (χ4n) is 7.91. The van der Waals surface area contributed by atoms with E-state index in [4.69, 9.17) is 4.98 Å². The molecule has 238 valence electrons. The molecule has 0 saturated heterocycles. The summed E-state index contributed by atoms with van der Waals surface area (Å²) >= 11 is 3.85. The van der Waals surface area contributed by atoms with Crippen molar-refractivity contribution in [3.05, 3.63) is 170 Å². The molecular formula is C47H28N2S2. The quantitative estimate of drug-likeness (QED) is 0.180. The molecule has 0 aliphatic carbocycles. The van der Waals surface area contributed by atoms with E-state index in [9.17, 15) is 0 Å². The highest BCUT2D eigenvalue weighted by atomic mass is 32.1. The van der Waals surface area contributed by atoms with Crippen molar-refractivity contribution in [1.82, 2.24) is 9.55 Å². The third-order valence-corrected chi connectivity index (χ3v) is 12.7. The fourth-order valence-corrected chi connectivity index (χ4v) is 10.5. The van der Waals surface area contributed by atoms with E-state index >= 15 is 0 Å². The van der Waals surface area contributed by atoms with Crippen molar-refractivity contribution in [2.24, 2.45) is 0 Å². The van der Waals surface area contributed by atoms with Crippen LogP contribution in [0.5, 0.6) is 0 Å². The molecule has 4 aromatic heterocycles. The Bertz CT molecular complexity index is 3060. The molecular weight excluding hydrogens is 657 g/mol. The highest BCUT2D eigenvalue weighted by Crippen LogP contribution is 2.52. The van der Waals surface area contributed by atoms with Gasteiger partial charge in [-0.05, 0) is 53.6 Å². The van der Waals surface area contributed by atoms with Crippen LogP contribution in [0.2, 0.25) is 0 Å². The van der Waals surface area contributed by atoms with Crippen molar-refractivity contribution >= 4 is 84.8 Å². The molecule has 4 heterocycles. The van der Waals surface area contributed by atoms with Gasteiger partial charge in [0.05, 0.1) is 31.8 Å². The molecule has 0 aliphatic rings. The first-order chi connectivity index (χ1) is 25.3. The summed E-state index contributed by atoms with van der Waals surface area (Å²) in [6.07, 6.45) is 0. The molecule has 0 amide bonds. The predicted molar refractivity (Wildman–Crippen MR) is 221 cm³/mol. The van der Waals surface area contributed by atoms with E-state index in [0.29, 0.717) is 0 Å². The third kappa shape index (κ3) is 4.37. The number of pyridine rings is 1. The van der Waals surface area contributed by atoms with Crippen LogP contribution in [0.25, 0.3) is 101 Å². The number of para-hydroxylation sites is 1. The van der Waals surface area contributed by atoms with Crippen molar-refractivity contribution in [1.29, 1.82) is 0 Å². The number of hydrogen-bond donors (Lipinski definition) is 0. The molecule has 51 heavy (non-hydrogen) atoms. The van der Waals surface area contributed by atoms with Gasteiger partial charge in [0, 0.05) is 58.5 Å². The minimum atomic E-state index is 0.970. The summed E-state index contributed by atoms with van der Waals surface area (Å²) in [5.74, 6) is 0. The van der Waals surface area contributed by atoms with Crippen LogP contribution in [-0.2, 0) is 0 Å². The van der Waals surface area contributed by atoms with Gasteiger partial charge in [-0.2, -0.15) is 0 Å². The molecule has 4 heteroatoms. The van der Waals surface area contributed by atoms with Crippen molar-refractivity contribution in [3.8, 4) is 39.3 Å². The van der Waals surface area contributed by atoms with E-state index in [1.54, 1.807) is 0 Å². The molecule has 0 spiro atoms. The van der Waals surface area contributed by atoms with Crippen LogP contribution >= 0.6 is 22.7 Å². The number of aromatic nitrogens is 2. The Hall–Kier alpha value is -6.07. The summed E-state index contributed by atoms with van der Waals surface area (Å²) in [5, 5.41) is 8.00. The fraction of sp³-hybridized carbons (Fsp3) is 0. The molecule has 0 saturated carbocycles. The molecule has 0 unspecified atom stereocenters. The van der Waals surface area contributed by atoms with Gasteiger partial charge in [0.15, 0.2) is 0 Å². The minimum Gasteiger partial charge on any atom is -0.309 e. The highest BCUT2D eigenvalue weighted by molar-refractivity contribution is 7.33. The summed E-state index contributed by atoms with van der Waals surface area (Å²) in [6.45, 7) is 0. The van der Waals surface area contributed by atoms with Gasteiger partial charge >= 0.3 is 0 Å². The summed E-state index contributed by atoms with van der Waals surface area (Å²) in [6, 6.07) is 61.3. The van der Waals surface area contributed by atoms with Crippen LogP contribution in [0.1, 0.15) is 0 Å². The lowest BCUT2D eigenvalue weighted by Crippen LogP contribution is -1.95. The molecule has 7 aromatic carbocycles. The Morgan fingerprint density at radius 2 is 0.902 bits per heavy atom. The van der Waals surface area contributed by atoms with Crippen LogP contribution in [-0.4, -0.2) is 9.55 Å². The predicted octanol–water partition coefficient (Wildman–Crippen LogP) is 13.9. The summed E-state index contributed by atoms with van der Waals surface area (Å²) < 4.78 is 7.94. The third-order valence-electron chi connectivity index (χ3n) is 10.2. The number of hydrogen-bond acceptors (Lipinski definition) is 3. The van der Waals surface area contributed by atoms with Gasteiger partial charge in [0.2, 0.25) is 0 Å². The number of fused-ring (bicyclic) bond motifs is 12. The van der Waals surface area contributed by atoms with Crippen LogP contribution in [0.15, 0.2) is 170 Å². The Balaban J connectivity index is 1.18. The largest absolute Gasteiger partial charge is 0.309 e. The zero-order valence-electron chi connectivity index (χ0n) is 27.4. The molecule has 0 aliphatic heterocycles. The molecule has 0 radical (unpaired) electrons. The molecule has 0 N–H and O–H groups in total. The number of thiophene rings is 2. The van der Waals surface area contributed by atoms with Crippen LogP contribution in [0, 0.1) is 0 Å². The smallest absolute Gasteiger partial charge is 0.0715 e. The Morgan fingerprint density at radius 3 is 1.53 bits per heavy atom. The molecule has 0 bridgehead atoms. The van der Waals surface area contributed by atoms with E-state index in [1.807, 2.05) is 22.7 Å². The van der Waals surface area contributed by atoms with Crippen molar-refractivity contribution in [2.45, 2.75) is 0 Å². The minimum absolute atomic E-state index is 0.970. The lowest BCUT2D eigenvalue weighted by atomic mass is 9.99. The Morgan fingerprint density at radius 1 is 0.392 bits per heavy atom. The summed E-state index contributed by atoms with van der Waals surface area (Å²) in [5.41, 5.74) is 10.1. The first kappa shape index (κ1) is 28.7. The number of nitrogens with zero attached hydrogens (tertiary/aromatic N) is 2. The second-order valence-corrected chi connectivity index (χ2v) is 15.2. The molecule has 0 fully saturated rings. The topological polar surface area (TPSA) is 17.8 Å². The van der Waals surface area contributed by atoms with Gasteiger partial charge in [-0.3, -0.25) is 0 Å². The zero-order valence-corrected chi connectivity index (χ0v) is 29.0. The maximum Gasteiger partial charge on any atom is 0.0715 e. The van der Waals surface area contributed by atoms with Crippen LogP contribution < -0.4 is 0 Å². The van der Waals surface area contributed by atoms with E-state index in [0.717, 1.165) is 39.3 Å². The first-order valence-corrected chi connectivity index (χ1v) is 18.8. The van der Waals surface area contributed by atoms with Gasteiger partial charge in [0.25, 0.3) is 0 Å². The molecule has 2 nitrogen and oxygen atoms in total. The van der Waals surface area contributed by atoms with Gasteiger partial charge in [0.1, 0.15) is 0 Å². The molecule has 11 aromatic rings. The van der Waals surface area contributed by atoms with Gasteiger partial charge in [-0.1, -0.05) is 127 Å².